The Morgan fingerprint density at radius 3 is 2.21 bits per heavy atom. The highest BCUT2D eigenvalue weighted by Gasteiger charge is 2.16. The lowest BCUT2D eigenvalue weighted by Gasteiger charge is -2.09. The Morgan fingerprint density at radius 2 is 1.69 bits per heavy atom. The quantitative estimate of drug-likeness (QED) is 0.539. The molecule has 1 aromatic heterocycles. The molecule has 3 rings (SSSR count). The minimum Gasteiger partial charge on any atom is -0.497 e. The van der Waals surface area contributed by atoms with Gasteiger partial charge >= 0.3 is 0 Å². The van der Waals surface area contributed by atoms with Crippen LogP contribution in [-0.2, 0) is 13.0 Å². The van der Waals surface area contributed by atoms with Gasteiger partial charge in [-0.15, -0.1) is 11.3 Å². The fourth-order valence-electron chi connectivity index (χ4n) is 3.08. The highest BCUT2D eigenvalue weighted by Crippen LogP contribution is 2.28. The van der Waals surface area contributed by atoms with Gasteiger partial charge in [-0.2, -0.15) is 4.99 Å². The van der Waals surface area contributed by atoms with Crippen LogP contribution >= 0.6 is 22.9 Å². The van der Waals surface area contributed by atoms with Crippen molar-refractivity contribution in [3.05, 3.63) is 62.7 Å². The molecule has 152 valence electrons. The summed E-state index contributed by atoms with van der Waals surface area (Å²) in [5, 5.41) is 0.692. The number of carbonyl (C=O) groups excluding carboxylic acids is 1. The highest BCUT2D eigenvalue weighted by atomic mass is 35.5. The number of aromatic nitrogens is 1. The molecule has 0 aliphatic rings. The smallest absolute Gasteiger partial charge is 0.279 e. The van der Waals surface area contributed by atoms with Crippen molar-refractivity contribution >= 4 is 28.8 Å². The third-order valence-corrected chi connectivity index (χ3v) is 6.00. The van der Waals surface area contributed by atoms with Crippen LogP contribution < -0.4 is 14.3 Å². The number of halogens is 1. The van der Waals surface area contributed by atoms with Gasteiger partial charge in [0.05, 0.1) is 19.9 Å². The number of thiazole rings is 1. The van der Waals surface area contributed by atoms with E-state index in [0.29, 0.717) is 33.4 Å². The molecule has 0 aliphatic carbocycles. The van der Waals surface area contributed by atoms with Crippen LogP contribution in [0.25, 0.3) is 11.3 Å². The zero-order valence-corrected chi connectivity index (χ0v) is 18.4. The topological polar surface area (TPSA) is 52.8 Å². The van der Waals surface area contributed by atoms with Crippen molar-refractivity contribution in [3.8, 4) is 22.8 Å². The van der Waals surface area contributed by atoms with Gasteiger partial charge in [0.25, 0.3) is 5.91 Å². The Kier molecular flexibility index (Phi) is 6.77. The number of rotatable bonds is 6. The van der Waals surface area contributed by atoms with E-state index < -0.39 is 0 Å². The van der Waals surface area contributed by atoms with Crippen LogP contribution in [0.1, 0.15) is 29.1 Å². The molecule has 3 aromatic rings. The zero-order chi connectivity index (χ0) is 21.0. The summed E-state index contributed by atoms with van der Waals surface area (Å²) in [6.45, 7) is 4.84. The van der Waals surface area contributed by atoms with Crippen LogP contribution in [0.5, 0.6) is 11.5 Å². The Hall–Kier alpha value is -2.57. The fraction of sp³-hybridized carbons (Fsp3) is 0.273. The van der Waals surface area contributed by atoms with E-state index in [1.165, 1.54) is 16.2 Å². The minimum atomic E-state index is -0.337. The average Bonchev–Trinajstić information content (AvgIpc) is 3.10. The second-order valence-corrected chi connectivity index (χ2v) is 7.78. The molecule has 0 unspecified atom stereocenters. The summed E-state index contributed by atoms with van der Waals surface area (Å²) >= 11 is 7.58. The number of hydrogen-bond acceptors (Lipinski definition) is 4. The van der Waals surface area contributed by atoms with Crippen LogP contribution in [0.4, 0.5) is 0 Å². The van der Waals surface area contributed by atoms with Crippen molar-refractivity contribution in [2.75, 3.05) is 14.2 Å². The number of hydrogen-bond donors (Lipinski definition) is 0. The van der Waals surface area contributed by atoms with E-state index in [9.17, 15) is 4.79 Å². The van der Waals surface area contributed by atoms with Gasteiger partial charge in [0.15, 0.2) is 4.80 Å². The lowest BCUT2D eigenvalue weighted by Crippen LogP contribution is -2.17. The predicted octanol–water partition coefficient (Wildman–Crippen LogP) is 5.21. The summed E-state index contributed by atoms with van der Waals surface area (Å²) in [7, 11) is 3.10. The van der Waals surface area contributed by atoms with Gasteiger partial charge in [-0.25, -0.2) is 0 Å². The van der Waals surface area contributed by atoms with Crippen LogP contribution in [0.3, 0.4) is 0 Å². The number of aryl methyl sites for hydroxylation is 1. The maximum absolute atomic E-state index is 12.9. The Morgan fingerprint density at radius 1 is 1.07 bits per heavy atom. The van der Waals surface area contributed by atoms with Gasteiger partial charge in [0.1, 0.15) is 11.5 Å². The number of carbonyl (C=O) groups is 1. The predicted molar refractivity (Wildman–Crippen MR) is 117 cm³/mol. The molecular weight excluding hydrogens is 408 g/mol. The van der Waals surface area contributed by atoms with Gasteiger partial charge in [-0.05, 0) is 43.2 Å². The molecule has 0 spiro atoms. The van der Waals surface area contributed by atoms with E-state index in [1.807, 2.05) is 31.2 Å². The Labute approximate surface area is 179 Å². The molecule has 7 heteroatoms. The van der Waals surface area contributed by atoms with Gasteiger partial charge in [-0.3, -0.25) is 4.79 Å². The van der Waals surface area contributed by atoms with E-state index in [0.717, 1.165) is 17.7 Å². The van der Waals surface area contributed by atoms with E-state index in [2.05, 4.69) is 16.5 Å². The van der Waals surface area contributed by atoms with Crippen molar-refractivity contribution in [2.45, 2.75) is 26.8 Å². The van der Waals surface area contributed by atoms with Crippen LogP contribution in [0.2, 0.25) is 5.02 Å². The van der Waals surface area contributed by atoms with Crippen molar-refractivity contribution in [1.29, 1.82) is 0 Å². The molecule has 0 aliphatic heterocycles. The summed E-state index contributed by atoms with van der Waals surface area (Å²) in [5.74, 6) is 0.762. The zero-order valence-electron chi connectivity index (χ0n) is 16.9. The largest absolute Gasteiger partial charge is 0.497 e. The molecular formula is C22H23ClN2O3S. The molecule has 1 heterocycles. The minimum absolute atomic E-state index is 0.337. The first-order valence-electron chi connectivity index (χ1n) is 9.31. The van der Waals surface area contributed by atoms with E-state index in [1.54, 1.807) is 32.4 Å². The normalized spacial score (nSPS) is 11.6. The van der Waals surface area contributed by atoms with Crippen molar-refractivity contribution in [3.63, 3.8) is 0 Å². The van der Waals surface area contributed by atoms with E-state index in [-0.39, 0.29) is 5.91 Å². The summed E-state index contributed by atoms with van der Waals surface area (Å²) in [5.41, 5.74) is 2.55. The van der Waals surface area contributed by atoms with Crippen LogP contribution in [-0.4, -0.2) is 24.7 Å². The second-order valence-electron chi connectivity index (χ2n) is 6.28. The van der Waals surface area contributed by atoms with Gasteiger partial charge in [-0.1, -0.05) is 30.7 Å². The van der Waals surface area contributed by atoms with Gasteiger partial charge in [0.2, 0.25) is 0 Å². The Balaban J connectivity index is 2.12. The van der Waals surface area contributed by atoms with Crippen molar-refractivity contribution in [2.24, 2.45) is 4.99 Å². The summed E-state index contributed by atoms with van der Waals surface area (Å²) in [4.78, 5) is 19.2. The molecule has 5 nitrogen and oxygen atoms in total. The standard InChI is InChI=1S/C22H23ClN2O3S/c1-5-19-20(14-7-9-16(23)10-8-14)25(6-2)22(29-19)24-21(26)15-11-17(27-3)13-18(12-15)28-4/h7-13H,5-6H2,1-4H3. The molecule has 0 saturated carbocycles. The van der Waals surface area contributed by atoms with Gasteiger partial charge in [0, 0.05) is 28.1 Å². The summed E-state index contributed by atoms with van der Waals surface area (Å²) < 4.78 is 12.6. The van der Waals surface area contributed by atoms with Crippen molar-refractivity contribution < 1.29 is 14.3 Å². The molecule has 0 N–H and O–H groups in total. The number of ether oxygens (including phenoxy) is 2. The first-order valence-corrected chi connectivity index (χ1v) is 10.5. The third-order valence-electron chi connectivity index (χ3n) is 4.53. The molecule has 0 atom stereocenters. The maximum atomic E-state index is 12.9. The lowest BCUT2D eigenvalue weighted by atomic mass is 10.1. The first-order chi connectivity index (χ1) is 14.0. The maximum Gasteiger partial charge on any atom is 0.279 e. The highest BCUT2D eigenvalue weighted by molar-refractivity contribution is 7.09. The third kappa shape index (κ3) is 4.54. The first kappa shape index (κ1) is 21.1. The molecule has 29 heavy (non-hydrogen) atoms. The van der Waals surface area contributed by atoms with Crippen LogP contribution in [0.15, 0.2) is 47.5 Å². The van der Waals surface area contributed by atoms with Crippen LogP contribution in [0, 0.1) is 0 Å². The molecule has 0 fully saturated rings. The Bertz CT molecular complexity index is 1060. The SMILES string of the molecule is CCc1sc(=NC(=O)c2cc(OC)cc(OC)c2)n(CC)c1-c1ccc(Cl)cc1. The molecule has 0 saturated heterocycles. The lowest BCUT2D eigenvalue weighted by molar-refractivity contribution is 0.0997. The summed E-state index contributed by atoms with van der Waals surface area (Å²) in [6, 6.07) is 12.8. The summed E-state index contributed by atoms with van der Waals surface area (Å²) in [6.07, 6.45) is 0.847. The average molecular weight is 431 g/mol. The molecule has 0 bridgehead atoms. The van der Waals surface area contributed by atoms with Crippen molar-refractivity contribution in [1.82, 2.24) is 4.57 Å². The fourth-order valence-corrected chi connectivity index (χ4v) is 4.36. The number of amides is 1. The molecule has 2 aromatic carbocycles. The second kappa shape index (κ2) is 9.29. The number of methoxy groups -OCH3 is 2. The molecule has 0 radical (unpaired) electrons. The van der Waals surface area contributed by atoms with Gasteiger partial charge < -0.3 is 14.0 Å². The van der Waals surface area contributed by atoms with E-state index >= 15 is 0 Å². The molecule has 1 amide bonds. The monoisotopic (exact) mass is 430 g/mol. The van der Waals surface area contributed by atoms with E-state index in [4.69, 9.17) is 21.1 Å². The number of nitrogens with zero attached hydrogens (tertiary/aromatic N) is 2. The number of benzene rings is 2.